The van der Waals surface area contributed by atoms with E-state index in [4.69, 9.17) is 5.11 Å². The van der Waals surface area contributed by atoms with E-state index in [-0.39, 0.29) is 6.61 Å². The number of fused-ring (bicyclic) bond motifs is 1. The minimum Gasteiger partial charge on any atom is -0.395 e. The van der Waals surface area contributed by atoms with Crippen molar-refractivity contribution in [3.8, 4) is 0 Å². The number of nitrogens with one attached hydrogen (secondary N) is 1. The highest BCUT2D eigenvalue weighted by Crippen LogP contribution is 2.25. The number of hydrogen-bond donors (Lipinski definition) is 2. The Morgan fingerprint density at radius 3 is 2.65 bits per heavy atom. The van der Waals surface area contributed by atoms with E-state index in [0.29, 0.717) is 6.04 Å². The third-order valence-electron chi connectivity index (χ3n) is 5.13. The molecular weight excluding hydrogens is 284 g/mol. The van der Waals surface area contributed by atoms with E-state index >= 15 is 0 Å². The smallest absolute Gasteiger partial charge is 0.0558 e. The van der Waals surface area contributed by atoms with Crippen LogP contribution in [0.1, 0.15) is 31.4 Å². The molecule has 1 fully saturated rings. The number of nitrogens with zero attached hydrogens (tertiary/aromatic N) is 1. The molecule has 1 atom stereocenters. The molecule has 0 radical (unpaired) electrons. The first kappa shape index (κ1) is 16.4. The predicted molar refractivity (Wildman–Crippen MR) is 96.6 cm³/mol. The van der Waals surface area contributed by atoms with Gasteiger partial charge in [0.1, 0.15) is 0 Å². The average molecular weight is 312 g/mol. The fourth-order valence-corrected chi connectivity index (χ4v) is 3.64. The quantitative estimate of drug-likeness (QED) is 0.860. The van der Waals surface area contributed by atoms with Crippen LogP contribution in [0.15, 0.2) is 42.5 Å². The Labute approximate surface area is 139 Å². The molecule has 1 aliphatic heterocycles. The van der Waals surface area contributed by atoms with E-state index < -0.39 is 0 Å². The topological polar surface area (TPSA) is 35.5 Å². The summed E-state index contributed by atoms with van der Waals surface area (Å²) in [4.78, 5) is 2.37. The number of benzene rings is 2. The summed E-state index contributed by atoms with van der Waals surface area (Å²) in [7, 11) is 0. The van der Waals surface area contributed by atoms with Gasteiger partial charge in [-0.3, -0.25) is 0 Å². The summed E-state index contributed by atoms with van der Waals surface area (Å²) in [5, 5.41) is 15.4. The van der Waals surface area contributed by atoms with Gasteiger partial charge in [-0.15, -0.1) is 0 Å². The molecule has 0 saturated carbocycles. The Hall–Kier alpha value is -1.42. The summed E-state index contributed by atoms with van der Waals surface area (Å²) in [6, 6.07) is 15.6. The molecular formula is C20H28N2O. The van der Waals surface area contributed by atoms with Gasteiger partial charge in [-0.2, -0.15) is 0 Å². The molecule has 124 valence electrons. The normalized spacial score (nSPS) is 18.3. The first-order valence-electron chi connectivity index (χ1n) is 8.82. The van der Waals surface area contributed by atoms with E-state index in [2.05, 4.69) is 59.6 Å². The van der Waals surface area contributed by atoms with E-state index in [9.17, 15) is 0 Å². The summed E-state index contributed by atoms with van der Waals surface area (Å²) >= 11 is 0. The molecule has 0 aliphatic carbocycles. The monoisotopic (exact) mass is 312 g/mol. The van der Waals surface area contributed by atoms with Crippen molar-refractivity contribution < 1.29 is 5.11 Å². The molecule has 2 aromatic rings. The van der Waals surface area contributed by atoms with Crippen molar-refractivity contribution in [1.82, 2.24) is 10.2 Å². The minimum absolute atomic E-state index is 0.279. The standard InChI is InChI=1S/C20H28N2O/c1-16(19-8-4-6-18-5-2-3-7-20(18)19)21-15-17-9-11-22(12-10-17)13-14-23/h2-8,16-17,21,23H,9-15H2,1H3. The summed E-state index contributed by atoms with van der Waals surface area (Å²) < 4.78 is 0. The lowest BCUT2D eigenvalue weighted by Crippen LogP contribution is -2.39. The number of rotatable bonds is 6. The second-order valence-corrected chi connectivity index (χ2v) is 6.71. The van der Waals surface area contributed by atoms with E-state index in [0.717, 1.165) is 32.1 Å². The Balaban J connectivity index is 1.56. The second-order valence-electron chi connectivity index (χ2n) is 6.71. The van der Waals surface area contributed by atoms with Crippen LogP contribution in [0.3, 0.4) is 0 Å². The van der Waals surface area contributed by atoms with Crippen LogP contribution < -0.4 is 5.32 Å². The largest absolute Gasteiger partial charge is 0.395 e. The number of β-amino-alcohol motifs (C(OH)–C–C–N with tert-alkyl or cyclic N) is 1. The second kappa shape index (κ2) is 7.91. The van der Waals surface area contributed by atoms with Gasteiger partial charge in [0, 0.05) is 12.6 Å². The third-order valence-corrected chi connectivity index (χ3v) is 5.13. The molecule has 0 spiro atoms. The zero-order valence-electron chi connectivity index (χ0n) is 14.0. The highest BCUT2D eigenvalue weighted by Gasteiger charge is 2.19. The molecule has 1 aliphatic rings. The molecule has 1 heterocycles. The Morgan fingerprint density at radius 1 is 1.13 bits per heavy atom. The van der Waals surface area contributed by atoms with Crippen LogP contribution in [0.2, 0.25) is 0 Å². The zero-order valence-corrected chi connectivity index (χ0v) is 14.0. The van der Waals surface area contributed by atoms with Gasteiger partial charge < -0.3 is 15.3 Å². The van der Waals surface area contributed by atoms with Gasteiger partial charge in [0.15, 0.2) is 0 Å². The van der Waals surface area contributed by atoms with E-state index in [1.165, 1.54) is 29.2 Å². The van der Waals surface area contributed by atoms with Crippen LogP contribution in [0.5, 0.6) is 0 Å². The maximum Gasteiger partial charge on any atom is 0.0558 e. The van der Waals surface area contributed by atoms with Gasteiger partial charge >= 0.3 is 0 Å². The molecule has 1 saturated heterocycles. The molecule has 0 amide bonds. The van der Waals surface area contributed by atoms with Crippen LogP contribution >= 0.6 is 0 Å². The molecule has 0 bridgehead atoms. The summed E-state index contributed by atoms with van der Waals surface area (Å²) in [6.45, 7) is 6.69. The van der Waals surface area contributed by atoms with E-state index in [1.54, 1.807) is 0 Å². The minimum atomic E-state index is 0.279. The van der Waals surface area contributed by atoms with Gasteiger partial charge in [-0.25, -0.2) is 0 Å². The van der Waals surface area contributed by atoms with Crippen molar-refractivity contribution in [2.45, 2.75) is 25.8 Å². The van der Waals surface area contributed by atoms with Crippen molar-refractivity contribution in [2.24, 2.45) is 5.92 Å². The van der Waals surface area contributed by atoms with Crippen molar-refractivity contribution in [3.05, 3.63) is 48.0 Å². The molecule has 3 nitrogen and oxygen atoms in total. The van der Waals surface area contributed by atoms with Crippen molar-refractivity contribution in [1.29, 1.82) is 0 Å². The van der Waals surface area contributed by atoms with Gasteiger partial charge in [-0.1, -0.05) is 42.5 Å². The summed E-state index contributed by atoms with van der Waals surface area (Å²) in [5.41, 5.74) is 1.39. The summed E-state index contributed by atoms with van der Waals surface area (Å²) in [5.74, 6) is 0.752. The lowest BCUT2D eigenvalue weighted by molar-refractivity contribution is 0.146. The predicted octanol–water partition coefficient (Wildman–Crippen LogP) is 3.19. The maximum atomic E-state index is 9.02. The first-order valence-corrected chi connectivity index (χ1v) is 8.82. The molecule has 0 aromatic heterocycles. The van der Waals surface area contributed by atoms with Crippen molar-refractivity contribution in [2.75, 3.05) is 32.8 Å². The molecule has 3 rings (SSSR count). The van der Waals surface area contributed by atoms with E-state index in [1.807, 2.05) is 0 Å². The van der Waals surface area contributed by atoms with Crippen LogP contribution in [0.25, 0.3) is 10.8 Å². The van der Waals surface area contributed by atoms with Gasteiger partial charge in [0.2, 0.25) is 0 Å². The molecule has 3 heteroatoms. The number of piperidine rings is 1. The van der Waals surface area contributed by atoms with Gasteiger partial charge in [0.05, 0.1) is 6.61 Å². The SMILES string of the molecule is CC(NCC1CCN(CCO)CC1)c1cccc2ccccc12. The Kier molecular flexibility index (Phi) is 5.65. The highest BCUT2D eigenvalue weighted by atomic mass is 16.3. The van der Waals surface area contributed by atoms with Crippen LogP contribution in [-0.2, 0) is 0 Å². The number of aliphatic hydroxyl groups is 1. The number of likely N-dealkylation sites (tertiary alicyclic amines) is 1. The molecule has 1 unspecified atom stereocenters. The maximum absolute atomic E-state index is 9.02. The molecule has 23 heavy (non-hydrogen) atoms. The number of hydrogen-bond acceptors (Lipinski definition) is 3. The lowest BCUT2D eigenvalue weighted by atomic mass is 9.95. The summed E-state index contributed by atoms with van der Waals surface area (Å²) in [6.07, 6.45) is 2.46. The van der Waals surface area contributed by atoms with Crippen LogP contribution in [0, 0.1) is 5.92 Å². The molecule has 2 aromatic carbocycles. The zero-order chi connectivity index (χ0) is 16.1. The Morgan fingerprint density at radius 2 is 1.87 bits per heavy atom. The van der Waals surface area contributed by atoms with Crippen molar-refractivity contribution in [3.63, 3.8) is 0 Å². The Bertz CT molecular complexity index is 615. The first-order chi connectivity index (χ1) is 11.3. The molecule has 2 N–H and O–H groups in total. The van der Waals surface area contributed by atoms with Gasteiger partial charge in [-0.05, 0) is 61.7 Å². The fraction of sp³-hybridized carbons (Fsp3) is 0.500. The van der Waals surface area contributed by atoms with Crippen LogP contribution in [0.4, 0.5) is 0 Å². The lowest BCUT2D eigenvalue weighted by Gasteiger charge is -2.32. The van der Waals surface area contributed by atoms with Crippen molar-refractivity contribution >= 4 is 10.8 Å². The van der Waals surface area contributed by atoms with Gasteiger partial charge in [0.25, 0.3) is 0 Å². The third kappa shape index (κ3) is 4.11. The average Bonchev–Trinajstić information content (AvgIpc) is 2.60. The number of aliphatic hydroxyl groups excluding tert-OH is 1. The fourth-order valence-electron chi connectivity index (χ4n) is 3.64. The van der Waals surface area contributed by atoms with Crippen LogP contribution in [-0.4, -0.2) is 42.8 Å². The highest BCUT2D eigenvalue weighted by molar-refractivity contribution is 5.86.